The summed E-state index contributed by atoms with van der Waals surface area (Å²) in [5, 5.41) is 10.6. The fraction of sp³-hybridized carbons (Fsp3) is 0.444. The van der Waals surface area contributed by atoms with Crippen molar-refractivity contribution in [2.24, 2.45) is 0 Å². The molecule has 1 fully saturated rings. The van der Waals surface area contributed by atoms with Gasteiger partial charge in [0.25, 0.3) is 0 Å². The number of aromatic nitrogens is 1. The Balaban J connectivity index is 1.82. The van der Waals surface area contributed by atoms with E-state index in [0.29, 0.717) is 12.5 Å². The number of carboxylic acid groups (broad SMARTS) is 1. The molecule has 2 aromatic carbocycles. The van der Waals surface area contributed by atoms with Crippen molar-refractivity contribution in [1.29, 1.82) is 0 Å². The second-order valence-electron chi connectivity index (χ2n) is 9.58. The fourth-order valence-electron chi connectivity index (χ4n) is 5.67. The molecule has 2 atom stereocenters. The van der Waals surface area contributed by atoms with Crippen molar-refractivity contribution in [3.8, 4) is 11.3 Å². The lowest BCUT2D eigenvalue weighted by molar-refractivity contribution is 0.0697. The lowest BCUT2D eigenvalue weighted by Crippen LogP contribution is -2.35. The molecular formula is C27H31FN2O2. The van der Waals surface area contributed by atoms with E-state index in [9.17, 15) is 9.90 Å². The van der Waals surface area contributed by atoms with Crippen molar-refractivity contribution in [2.45, 2.75) is 70.8 Å². The van der Waals surface area contributed by atoms with Crippen LogP contribution in [0.1, 0.15) is 66.9 Å². The summed E-state index contributed by atoms with van der Waals surface area (Å²) in [5.74, 6) is -1.08. The van der Waals surface area contributed by atoms with Crippen molar-refractivity contribution in [3.05, 3.63) is 59.2 Å². The smallest absolute Gasteiger partial charge is 0.335 e. The summed E-state index contributed by atoms with van der Waals surface area (Å²) in [5.41, 5.74) is 5.76. The summed E-state index contributed by atoms with van der Waals surface area (Å²) < 4.78 is 17.6. The van der Waals surface area contributed by atoms with Crippen LogP contribution in [-0.2, 0) is 13.1 Å². The molecule has 32 heavy (non-hydrogen) atoms. The standard InChI is InChI=1S/C27H31FN2O2/c1-17(2)29-13-14-30-24-15-18(27(31)32)11-12-22(24)25(21-9-5-6-10-23(21)28)26(30)20-8-4-3-7-19(20)16-29/h3-4,7-8,11-12,15,17,21,23H,5-6,9-10,13-14,16H2,1-2H3,(H,31,32)/t21-,23-/m0/s1. The highest BCUT2D eigenvalue weighted by Gasteiger charge is 2.34. The molecule has 0 saturated heterocycles. The minimum atomic E-state index is -0.930. The number of carboxylic acids is 1. The molecule has 0 amide bonds. The quantitative estimate of drug-likeness (QED) is 0.532. The third-order valence-corrected chi connectivity index (χ3v) is 7.39. The molecule has 1 aromatic heterocycles. The van der Waals surface area contributed by atoms with Crippen LogP contribution in [-0.4, -0.2) is 39.3 Å². The second kappa shape index (κ2) is 8.36. The van der Waals surface area contributed by atoms with Crippen LogP contribution in [0.5, 0.6) is 0 Å². The molecule has 5 heteroatoms. The van der Waals surface area contributed by atoms with E-state index >= 15 is 4.39 Å². The molecule has 168 valence electrons. The highest BCUT2D eigenvalue weighted by molar-refractivity contribution is 5.98. The fourth-order valence-corrected chi connectivity index (χ4v) is 5.67. The van der Waals surface area contributed by atoms with Gasteiger partial charge in [-0.2, -0.15) is 0 Å². The molecule has 5 rings (SSSR count). The van der Waals surface area contributed by atoms with Gasteiger partial charge in [0.05, 0.1) is 11.3 Å². The zero-order valence-corrected chi connectivity index (χ0v) is 18.9. The lowest BCUT2D eigenvalue weighted by atomic mass is 9.80. The van der Waals surface area contributed by atoms with Crippen LogP contribution in [0.2, 0.25) is 0 Å². The molecule has 1 aliphatic heterocycles. The molecular weight excluding hydrogens is 403 g/mol. The minimum Gasteiger partial charge on any atom is -0.478 e. The van der Waals surface area contributed by atoms with Crippen LogP contribution in [0.15, 0.2) is 42.5 Å². The van der Waals surface area contributed by atoms with Crippen LogP contribution in [0.25, 0.3) is 22.2 Å². The Kier molecular flexibility index (Phi) is 5.54. The maximum absolute atomic E-state index is 15.3. The van der Waals surface area contributed by atoms with Gasteiger partial charge in [-0.3, -0.25) is 4.90 Å². The summed E-state index contributed by atoms with van der Waals surface area (Å²) in [6.07, 6.45) is 2.56. The Labute approximate surface area is 188 Å². The van der Waals surface area contributed by atoms with Crippen LogP contribution < -0.4 is 0 Å². The molecule has 0 unspecified atom stereocenters. The summed E-state index contributed by atoms with van der Waals surface area (Å²) in [6, 6.07) is 14.2. The Morgan fingerprint density at radius 1 is 1.09 bits per heavy atom. The molecule has 4 nitrogen and oxygen atoms in total. The van der Waals surface area contributed by atoms with Crippen molar-refractivity contribution >= 4 is 16.9 Å². The van der Waals surface area contributed by atoms with Gasteiger partial charge in [0.1, 0.15) is 6.17 Å². The van der Waals surface area contributed by atoms with E-state index in [1.807, 2.05) is 6.07 Å². The maximum atomic E-state index is 15.3. The van der Waals surface area contributed by atoms with Gasteiger partial charge in [-0.15, -0.1) is 0 Å². The normalized spacial score (nSPS) is 21.8. The molecule has 2 aliphatic rings. The minimum absolute atomic E-state index is 0.146. The first-order valence-corrected chi connectivity index (χ1v) is 11.8. The number of alkyl halides is 1. The summed E-state index contributed by atoms with van der Waals surface area (Å²) >= 11 is 0. The van der Waals surface area contributed by atoms with Gasteiger partial charge in [0, 0.05) is 48.1 Å². The van der Waals surface area contributed by atoms with Gasteiger partial charge in [0.15, 0.2) is 0 Å². The van der Waals surface area contributed by atoms with E-state index in [2.05, 4.69) is 47.6 Å². The van der Waals surface area contributed by atoms with Crippen molar-refractivity contribution in [3.63, 3.8) is 0 Å². The van der Waals surface area contributed by atoms with E-state index in [1.165, 1.54) is 5.56 Å². The third-order valence-electron chi connectivity index (χ3n) is 7.39. The van der Waals surface area contributed by atoms with E-state index in [-0.39, 0.29) is 11.5 Å². The summed E-state index contributed by atoms with van der Waals surface area (Å²) in [7, 11) is 0. The van der Waals surface area contributed by atoms with Gasteiger partial charge in [-0.1, -0.05) is 43.2 Å². The van der Waals surface area contributed by atoms with Crippen LogP contribution >= 0.6 is 0 Å². The zero-order valence-electron chi connectivity index (χ0n) is 18.9. The molecule has 1 N–H and O–H groups in total. The number of nitrogens with zero attached hydrogens (tertiary/aromatic N) is 2. The Hall–Kier alpha value is -2.66. The van der Waals surface area contributed by atoms with Crippen molar-refractivity contribution in [1.82, 2.24) is 9.47 Å². The third kappa shape index (κ3) is 3.53. The van der Waals surface area contributed by atoms with Gasteiger partial charge in [-0.05, 0) is 49.9 Å². The average Bonchev–Trinajstić information content (AvgIpc) is 3.08. The van der Waals surface area contributed by atoms with Crippen molar-refractivity contribution < 1.29 is 14.3 Å². The predicted octanol–water partition coefficient (Wildman–Crippen LogP) is 6.23. The number of halogens is 1. The monoisotopic (exact) mass is 434 g/mol. The first-order chi connectivity index (χ1) is 15.5. The van der Waals surface area contributed by atoms with E-state index in [4.69, 9.17) is 0 Å². The molecule has 0 radical (unpaired) electrons. The van der Waals surface area contributed by atoms with E-state index in [0.717, 1.165) is 66.6 Å². The Bertz CT molecular complexity index is 1170. The summed E-state index contributed by atoms with van der Waals surface area (Å²) in [4.78, 5) is 14.2. The highest BCUT2D eigenvalue weighted by Crippen LogP contribution is 2.46. The predicted molar refractivity (Wildman–Crippen MR) is 126 cm³/mol. The number of aromatic carboxylic acids is 1. The van der Waals surface area contributed by atoms with Gasteiger partial charge in [0.2, 0.25) is 0 Å². The summed E-state index contributed by atoms with van der Waals surface area (Å²) in [6.45, 7) is 6.90. The molecule has 0 spiro atoms. The zero-order chi connectivity index (χ0) is 22.4. The van der Waals surface area contributed by atoms with E-state index in [1.54, 1.807) is 12.1 Å². The lowest BCUT2D eigenvalue weighted by Gasteiger charge is -2.32. The molecule has 1 aliphatic carbocycles. The Morgan fingerprint density at radius 2 is 1.88 bits per heavy atom. The SMILES string of the molecule is CC(C)N1CCn2c(c([C@H]3CCCC[C@@H]3F)c3ccc(C(=O)O)cc32)-c2ccccc2C1. The van der Waals surface area contributed by atoms with Crippen LogP contribution in [0.4, 0.5) is 4.39 Å². The number of fused-ring (bicyclic) bond motifs is 5. The number of hydrogen-bond acceptors (Lipinski definition) is 2. The number of rotatable bonds is 3. The number of carbonyl (C=O) groups is 1. The molecule has 3 aromatic rings. The van der Waals surface area contributed by atoms with Gasteiger partial charge in [-0.25, -0.2) is 9.18 Å². The number of hydrogen-bond donors (Lipinski definition) is 1. The van der Waals surface area contributed by atoms with Gasteiger partial charge < -0.3 is 9.67 Å². The average molecular weight is 435 g/mol. The first kappa shape index (κ1) is 21.2. The highest BCUT2D eigenvalue weighted by atomic mass is 19.1. The maximum Gasteiger partial charge on any atom is 0.335 e. The van der Waals surface area contributed by atoms with Crippen LogP contribution in [0, 0.1) is 0 Å². The van der Waals surface area contributed by atoms with Crippen molar-refractivity contribution in [2.75, 3.05) is 6.54 Å². The first-order valence-electron chi connectivity index (χ1n) is 11.8. The Morgan fingerprint density at radius 3 is 2.62 bits per heavy atom. The van der Waals surface area contributed by atoms with Gasteiger partial charge >= 0.3 is 5.97 Å². The van der Waals surface area contributed by atoms with Crippen LogP contribution in [0.3, 0.4) is 0 Å². The molecule has 1 saturated carbocycles. The molecule has 2 heterocycles. The largest absolute Gasteiger partial charge is 0.478 e. The number of benzene rings is 2. The topological polar surface area (TPSA) is 45.5 Å². The second-order valence-corrected chi connectivity index (χ2v) is 9.58. The van der Waals surface area contributed by atoms with E-state index < -0.39 is 12.1 Å². The molecule has 0 bridgehead atoms.